The molecule has 0 unspecified atom stereocenters. The van der Waals surface area contributed by atoms with Crippen molar-refractivity contribution in [3.8, 4) is 5.69 Å². The van der Waals surface area contributed by atoms with Crippen LogP contribution >= 0.6 is 0 Å². The zero-order chi connectivity index (χ0) is 21.3. The van der Waals surface area contributed by atoms with Crippen LogP contribution in [0.5, 0.6) is 0 Å². The second-order valence-corrected chi connectivity index (χ2v) is 6.82. The van der Waals surface area contributed by atoms with Crippen LogP contribution in [-0.4, -0.2) is 26.2 Å². The van der Waals surface area contributed by atoms with Crippen LogP contribution in [0.25, 0.3) is 16.5 Å². The lowest BCUT2D eigenvalue weighted by Gasteiger charge is -2.12. The van der Waals surface area contributed by atoms with E-state index in [0.717, 1.165) is 15.9 Å². The van der Waals surface area contributed by atoms with Crippen LogP contribution in [-0.2, 0) is 7.05 Å². The average Bonchev–Trinajstić information content (AvgIpc) is 3.29. The van der Waals surface area contributed by atoms with Crippen LogP contribution in [0.4, 0.5) is 0 Å². The van der Waals surface area contributed by atoms with Gasteiger partial charge in [-0.25, -0.2) is 4.68 Å². The molecule has 0 aliphatic rings. The lowest BCUT2D eigenvalue weighted by atomic mass is 10.1. The van der Waals surface area contributed by atoms with Gasteiger partial charge in [0.05, 0.1) is 5.39 Å². The highest BCUT2D eigenvalue weighted by Gasteiger charge is 2.17. The summed E-state index contributed by atoms with van der Waals surface area (Å²) < 4.78 is 3.01. The summed E-state index contributed by atoms with van der Waals surface area (Å²) in [6.45, 7) is 1.95. The molecule has 150 valence electrons. The maximum Gasteiger partial charge on any atom is 0.290 e. The molecule has 30 heavy (non-hydrogen) atoms. The monoisotopic (exact) mass is 401 g/mol. The third kappa shape index (κ3) is 3.46. The molecule has 4 aromatic rings. The third-order valence-electron chi connectivity index (χ3n) is 4.82. The Hall–Kier alpha value is -4.20. The molecule has 0 aliphatic heterocycles. The summed E-state index contributed by atoms with van der Waals surface area (Å²) in [7, 11) is 1.47. The van der Waals surface area contributed by atoms with Crippen molar-refractivity contribution < 1.29 is 9.59 Å². The van der Waals surface area contributed by atoms with Crippen LogP contribution in [0.15, 0.2) is 71.8 Å². The second-order valence-electron chi connectivity index (χ2n) is 6.82. The number of carbonyl (C=O) groups excluding carboxylic acids is 2. The van der Waals surface area contributed by atoms with Crippen LogP contribution in [0.2, 0.25) is 0 Å². The Morgan fingerprint density at radius 3 is 2.30 bits per heavy atom. The standard InChI is InChI=1S/C22H19N5O3/c1-14-9-10-15(13-18(14)27-11-5-6-12-27)20(28)23-24-21(29)19-16-7-3-4-8-17(16)22(30)26(2)25-19/h3-13H,1-2H3,(H,23,28)(H,24,29). The first kappa shape index (κ1) is 19.1. The molecular formula is C22H19N5O3. The number of nitrogens with one attached hydrogen (secondary N) is 2. The van der Waals surface area contributed by atoms with E-state index in [9.17, 15) is 14.4 Å². The Bertz CT molecular complexity index is 1320. The van der Waals surface area contributed by atoms with Crippen molar-refractivity contribution in [2.24, 2.45) is 7.05 Å². The van der Waals surface area contributed by atoms with E-state index in [0.29, 0.717) is 16.3 Å². The molecule has 0 bridgehead atoms. The highest BCUT2D eigenvalue weighted by molar-refractivity contribution is 6.06. The van der Waals surface area contributed by atoms with Gasteiger partial charge in [0.25, 0.3) is 17.4 Å². The minimum absolute atomic E-state index is 0.0462. The number of benzene rings is 2. The predicted octanol–water partition coefficient (Wildman–Crippen LogP) is 2.11. The number of hydrazine groups is 1. The molecular weight excluding hydrogens is 382 g/mol. The van der Waals surface area contributed by atoms with E-state index in [2.05, 4.69) is 16.0 Å². The zero-order valence-corrected chi connectivity index (χ0v) is 16.4. The Labute approximate surface area is 171 Å². The van der Waals surface area contributed by atoms with E-state index < -0.39 is 11.8 Å². The fourth-order valence-corrected chi connectivity index (χ4v) is 3.24. The normalized spacial score (nSPS) is 10.7. The zero-order valence-electron chi connectivity index (χ0n) is 16.4. The molecule has 8 heteroatoms. The molecule has 2 amide bonds. The van der Waals surface area contributed by atoms with E-state index in [1.54, 1.807) is 36.4 Å². The van der Waals surface area contributed by atoms with E-state index in [4.69, 9.17) is 0 Å². The quantitative estimate of drug-likeness (QED) is 0.514. The van der Waals surface area contributed by atoms with Gasteiger partial charge in [-0.05, 0) is 42.8 Å². The summed E-state index contributed by atoms with van der Waals surface area (Å²) in [6.07, 6.45) is 3.78. The highest BCUT2D eigenvalue weighted by Crippen LogP contribution is 2.16. The third-order valence-corrected chi connectivity index (χ3v) is 4.82. The number of nitrogens with zero attached hydrogens (tertiary/aromatic N) is 3. The number of amides is 2. The summed E-state index contributed by atoms with van der Waals surface area (Å²) >= 11 is 0. The van der Waals surface area contributed by atoms with Gasteiger partial charge < -0.3 is 4.57 Å². The summed E-state index contributed by atoms with van der Waals surface area (Å²) in [5, 5.41) is 4.84. The van der Waals surface area contributed by atoms with Crippen LogP contribution in [0.3, 0.4) is 0 Å². The molecule has 0 saturated heterocycles. The molecule has 8 nitrogen and oxygen atoms in total. The maximum absolute atomic E-state index is 12.7. The minimum Gasteiger partial charge on any atom is -0.324 e. The summed E-state index contributed by atoms with van der Waals surface area (Å²) in [5.74, 6) is -1.08. The van der Waals surface area contributed by atoms with Gasteiger partial charge in [0, 0.05) is 36.1 Å². The molecule has 0 saturated carbocycles. The van der Waals surface area contributed by atoms with Gasteiger partial charge in [0.1, 0.15) is 0 Å². The summed E-state index contributed by atoms with van der Waals surface area (Å²) in [6, 6.07) is 15.8. The first-order chi connectivity index (χ1) is 14.5. The molecule has 0 radical (unpaired) electrons. The van der Waals surface area contributed by atoms with Crippen molar-refractivity contribution in [3.05, 3.63) is 94.2 Å². The van der Waals surface area contributed by atoms with Crippen LogP contribution in [0, 0.1) is 6.92 Å². The number of fused-ring (bicyclic) bond motifs is 1. The Morgan fingerprint density at radius 2 is 1.57 bits per heavy atom. The van der Waals surface area contributed by atoms with E-state index in [1.165, 1.54) is 7.05 Å². The van der Waals surface area contributed by atoms with Gasteiger partial charge in [-0.1, -0.05) is 24.3 Å². The number of aryl methyl sites for hydroxylation is 2. The number of aromatic nitrogens is 3. The van der Waals surface area contributed by atoms with Gasteiger partial charge in [-0.2, -0.15) is 5.10 Å². The lowest BCUT2D eigenvalue weighted by molar-refractivity contribution is 0.0844. The molecule has 2 N–H and O–H groups in total. The van der Waals surface area contributed by atoms with E-state index in [-0.39, 0.29) is 11.3 Å². The van der Waals surface area contributed by atoms with Crippen LogP contribution < -0.4 is 16.4 Å². The van der Waals surface area contributed by atoms with Crippen molar-refractivity contribution in [2.75, 3.05) is 0 Å². The summed E-state index contributed by atoms with van der Waals surface area (Å²) in [4.78, 5) is 37.5. The van der Waals surface area contributed by atoms with Gasteiger partial charge in [-0.15, -0.1) is 0 Å². The number of rotatable bonds is 3. The first-order valence-electron chi connectivity index (χ1n) is 9.26. The molecule has 0 spiro atoms. The molecule has 4 rings (SSSR count). The average molecular weight is 401 g/mol. The molecule has 0 aliphatic carbocycles. The fraction of sp³-hybridized carbons (Fsp3) is 0.0909. The topological polar surface area (TPSA) is 98.0 Å². The molecule has 0 fully saturated rings. The Balaban J connectivity index is 1.56. The minimum atomic E-state index is -0.618. The van der Waals surface area contributed by atoms with Gasteiger partial charge in [-0.3, -0.25) is 25.2 Å². The second kappa shape index (κ2) is 7.67. The number of carbonyl (C=O) groups is 2. The van der Waals surface area contributed by atoms with Crippen molar-refractivity contribution in [2.45, 2.75) is 6.92 Å². The highest BCUT2D eigenvalue weighted by atomic mass is 16.2. The van der Waals surface area contributed by atoms with Crippen molar-refractivity contribution in [1.29, 1.82) is 0 Å². The number of hydrogen-bond acceptors (Lipinski definition) is 4. The smallest absolute Gasteiger partial charge is 0.290 e. The van der Waals surface area contributed by atoms with E-state index in [1.807, 2.05) is 42.1 Å². The van der Waals surface area contributed by atoms with Crippen molar-refractivity contribution in [1.82, 2.24) is 25.2 Å². The molecule has 2 aromatic heterocycles. The van der Waals surface area contributed by atoms with Gasteiger partial charge in [0.2, 0.25) is 0 Å². The SMILES string of the molecule is Cc1ccc(C(=O)NNC(=O)c2nn(C)c(=O)c3ccccc23)cc1-n1cccc1. The summed E-state index contributed by atoms with van der Waals surface area (Å²) in [5.41, 5.74) is 6.80. The Kier molecular flexibility index (Phi) is 4.89. The maximum atomic E-state index is 12.7. The van der Waals surface area contributed by atoms with Crippen LogP contribution in [0.1, 0.15) is 26.4 Å². The fourth-order valence-electron chi connectivity index (χ4n) is 3.24. The number of hydrogen-bond donors (Lipinski definition) is 2. The molecule has 0 atom stereocenters. The lowest BCUT2D eigenvalue weighted by Crippen LogP contribution is -2.42. The predicted molar refractivity (Wildman–Crippen MR) is 112 cm³/mol. The van der Waals surface area contributed by atoms with Crippen molar-refractivity contribution >= 4 is 22.6 Å². The molecule has 2 aromatic carbocycles. The van der Waals surface area contributed by atoms with Gasteiger partial charge in [0.15, 0.2) is 5.69 Å². The largest absolute Gasteiger partial charge is 0.324 e. The molecule has 2 heterocycles. The van der Waals surface area contributed by atoms with E-state index >= 15 is 0 Å². The van der Waals surface area contributed by atoms with Crippen molar-refractivity contribution in [3.63, 3.8) is 0 Å². The first-order valence-corrected chi connectivity index (χ1v) is 9.26. The Morgan fingerprint density at radius 1 is 0.900 bits per heavy atom. The van der Waals surface area contributed by atoms with Gasteiger partial charge >= 0.3 is 0 Å².